The second-order valence-electron chi connectivity index (χ2n) is 4.14. The third kappa shape index (κ3) is 3.34. The Morgan fingerprint density at radius 3 is 2.55 bits per heavy atom. The molecule has 2 aromatic carbocycles. The first-order valence-corrected chi connectivity index (χ1v) is 6.77. The number of hydrogen-bond donors (Lipinski definition) is 1. The smallest absolute Gasteiger partial charge is 0.336 e. The van der Waals surface area contributed by atoms with Crippen molar-refractivity contribution in [1.29, 1.82) is 0 Å². The zero-order valence-corrected chi connectivity index (χ0v) is 12.1. The SMILES string of the molecule is COc1ccc(Sc2ccc(F)cc2[N+](=O)[O-])c(C(=O)O)c1. The molecule has 0 atom stereocenters. The van der Waals surface area contributed by atoms with Crippen molar-refractivity contribution in [1.82, 2.24) is 0 Å². The largest absolute Gasteiger partial charge is 0.497 e. The van der Waals surface area contributed by atoms with Gasteiger partial charge in [-0.1, -0.05) is 11.8 Å². The number of carboxylic acids is 1. The summed E-state index contributed by atoms with van der Waals surface area (Å²) in [7, 11) is 1.40. The highest BCUT2D eigenvalue weighted by Crippen LogP contribution is 2.37. The van der Waals surface area contributed by atoms with E-state index in [1.165, 1.54) is 25.3 Å². The summed E-state index contributed by atoms with van der Waals surface area (Å²) < 4.78 is 18.1. The highest BCUT2D eigenvalue weighted by atomic mass is 32.2. The van der Waals surface area contributed by atoms with Gasteiger partial charge in [0, 0.05) is 4.90 Å². The van der Waals surface area contributed by atoms with Crippen LogP contribution in [-0.2, 0) is 0 Å². The van der Waals surface area contributed by atoms with E-state index in [0.29, 0.717) is 10.6 Å². The molecule has 2 aromatic rings. The highest BCUT2D eigenvalue weighted by Gasteiger charge is 2.19. The minimum absolute atomic E-state index is 0.0528. The third-order valence-corrected chi connectivity index (χ3v) is 3.90. The van der Waals surface area contributed by atoms with Crippen LogP contribution in [0.3, 0.4) is 0 Å². The number of methoxy groups -OCH3 is 1. The second-order valence-corrected chi connectivity index (χ2v) is 5.22. The molecule has 2 rings (SSSR count). The molecule has 0 fully saturated rings. The Hall–Kier alpha value is -2.61. The van der Waals surface area contributed by atoms with E-state index in [0.717, 1.165) is 23.9 Å². The molecule has 0 saturated heterocycles. The van der Waals surface area contributed by atoms with Gasteiger partial charge in [0.15, 0.2) is 0 Å². The van der Waals surface area contributed by atoms with Crippen LogP contribution in [-0.4, -0.2) is 23.1 Å². The van der Waals surface area contributed by atoms with Gasteiger partial charge in [0.05, 0.1) is 28.6 Å². The van der Waals surface area contributed by atoms with E-state index >= 15 is 0 Å². The number of carboxylic acid groups (broad SMARTS) is 1. The summed E-state index contributed by atoms with van der Waals surface area (Å²) >= 11 is 0.881. The summed E-state index contributed by atoms with van der Waals surface area (Å²) in [6, 6.07) is 7.48. The van der Waals surface area contributed by atoms with Crippen molar-refractivity contribution in [3.8, 4) is 5.75 Å². The molecule has 0 amide bonds. The summed E-state index contributed by atoms with van der Waals surface area (Å²) in [6.07, 6.45) is 0. The number of ether oxygens (including phenoxy) is 1. The van der Waals surface area contributed by atoms with Crippen molar-refractivity contribution < 1.29 is 24.0 Å². The Morgan fingerprint density at radius 1 is 1.27 bits per heavy atom. The first-order valence-electron chi connectivity index (χ1n) is 5.95. The Labute approximate surface area is 128 Å². The van der Waals surface area contributed by atoms with E-state index in [4.69, 9.17) is 4.74 Å². The van der Waals surface area contributed by atoms with Gasteiger partial charge < -0.3 is 9.84 Å². The molecule has 6 nitrogen and oxygen atoms in total. The summed E-state index contributed by atoms with van der Waals surface area (Å²) in [6.45, 7) is 0. The molecule has 8 heteroatoms. The van der Waals surface area contributed by atoms with Crippen LogP contribution in [0, 0.1) is 15.9 Å². The van der Waals surface area contributed by atoms with E-state index in [9.17, 15) is 24.4 Å². The van der Waals surface area contributed by atoms with Gasteiger partial charge in [-0.05, 0) is 30.3 Å². The zero-order chi connectivity index (χ0) is 16.3. The number of hydrogen-bond acceptors (Lipinski definition) is 5. The van der Waals surface area contributed by atoms with Gasteiger partial charge in [-0.3, -0.25) is 10.1 Å². The average molecular weight is 323 g/mol. The molecule has 0 bridgehead atoms. The average Bonchev–Trinajstić information content (AvgIpc) is 2.49. The minimum atomic E-state index is -1.19. The lowest BCUT2D eigenvalue weighted by atomic mass is 10.2. The Balaban J connectivity index is 2.47. The van der Waals surface area contributed by atoms with Crippen molar-refractivity contribution in [3.63, 3.8) is 0 Å². The van der Waals surface area contributed by atoms with Crippen molar-refractivity contribution in [2.24, 2.45) is 0 Å². The number of nitrogens with zero attached hydrogens (tertiary/aromatic N) is 1. The number of aromatic carboxylic acids is 1. The molecule has 0 spiro atoms. The van der Waals surface area contributed by atoms with Crippen LogP contribution in [0.5, 0.6) is 5.75 Å². The van der Waals surface area contributed by atoms with Gasteiger partial charge in [-0.25, -0.2) is 9.18 Å². The maximum Gasteiger partial charge on any atom is 0.336 e. The maximum atomic E-state index is 13.1. The van der Waals surface area contributed by atoms with Gasteiger partial charge >= 0.3 is 5.97 Å². The van der Waals surface area contributed by atoms with Crippen LogP contribution in [0.25, 0.3) is 0 Å². The summed E-state index contributed by atoms with van der Waals surface area (Å²) in [5, 5.41) is 20.2. The first-order chi connectivity index (χ1) is 10.4. The number of nitro groups is 1. The highest BCUT2D eigenvalue weighted by molar-refractivity contribution is 7.99. The fourth-order valence-corrected chi connectivity index (χ4v) is 2.73. The van der Waals surface area contributed by atoms with Gasteiger partial charge in [-0.15, -0.1) is 0 Å². The van der Waals surface area contributed by atoms with E-state index < -0.39 is 22.4 Å². The normalized spacial score (nSPS) is 10.3. The predicted octanol–water partition coefficient (Wildman–Crippen LogP) is 3.59. The standard InChI is InChI=1S/C14H10FNO5S/c1-21-9-3-5-12(10(7-9)14(17)18)22-13-4-2-8(15)6-11(13)16(19)20/h2-7H,1H3,(H,17,18). The van der Waals surface area contributed by atoms with E-state index in [-0.39, 0.29) is 10.5 Å². The molecule has 0 radical (unpaired) electrons. The molecule has 0 aliphatic rings. The Morgan fingerprint density at radius 2 is 1.95 bits per heavy atom. The fraction of sp³-hybridized carbons (Fsp3) is 0.0714. The molecule has 0 aliphatic carbocycles. The van der Waals surface area contributed by atoms with Crippen LogP contribution in [0.15, 0.2) is 46.2 Å². The molecular weight excluding hydrogens is 313 g/mol. The molecule has 114 valence electrons. The number of nitro benzene ring substituents is 1. The van der Waals surface area contributed by atoms with Crippen molar-refractivity contribution >= 4 is 23.4 Å². The first kappa shape index (κ1) is 15.8. The number of carbonyl (C=O) groups is 1. The summed E-state index contributed by atoms with van der Waals surface area (Å²) in [4.78, 5) is 22.0. The van der Waals surface area contributed by atoms with Crippen LogP contribution in [0.1, 0.15) is 10.4 Å². The number of rotatable bonds is 5. The molecule has 0 saturated carbocycles. The molecule has 0 aromatic heterocycles. The van der Waals surface area contributed by atoms with Gasteiger partial charge in [0.2, 0.25) is 0 Å². The van der Waals surface area contributed by atoms with Crippen LogP contribution in [0.4, 0.5) is 10.1 Å². The number of halogens is 1. The van der Waals surface area contributed by atoms with E-state index in [1.54, 1.807) is 6.07 Å². The maximum absolute atomic E-state index is 13.1. The Kier molecular flexibility index (Phi) is 4.62. The van der Waals surface area contributed by atoms with E-state index in [1.807, 2.05) is 0 Å². The fourth-order valence-electron chi connectivity index (χ4n) is 1.73. The van der Waals surface area contributed by atoms with Crippen molar-refractivity contribution in [2.45, 2.75) is 9.79 Å². The zero-order valence-electron chi connectivity index (χ0n) is 11.3. The molecule has 22 heavy (non-hydrogen) atoms. The second kappa shape index (κ2) is 6.44. The monoisotopic (exact) mass is 323 g/mol. The van der Waals surface area contributed by atoms with Gasteiger partial charge in [0.1, 0.15) is 11.6 Å². The van der Waals surface area contributed by atoms with Crippen molar-refractivity contribution in [3.05, 3.63) is 57.9 Å². The molecule has 0 heterocycles. The number of benzene rings is 2. The molecule has 1 N–H and O–H groups in total. The molecule has 0 aliphatic heterocycles. The summed E-state index contributed by atoms with van der Waals surface area (Å²) in [5.74, 6) is -1.56. The molecule has 0 unspecified atom stereocenters. The van der Waals surface area contributed by atoms with E-state index in [2.05, 4.69) is 0 Å². The van der Waals surface area contributed by atoms with Crippen LogP contribution < -0.4 is 4.74 Å². The third-order valence-electron chi connectivity index (χ3n) is 2.75. The molecular formula is C14H10FNO5S. The quantitative estimate of drug-likeness (QED) is 0.668. The van der Waals surface area contributed by atoms with Crippen LogP contribution >= 0.6 is 11.8 Å². The Bertz CT molecular complexity index is 750. The minimum Gasteiger partial charge on any atom is -0.497 e. The predicted molar refractivity (Wildman–Crippen MR) is 77.1 cm³/mol. The summed E-state index contributed by atoms with van der Waals surface area (Å²) in [5.41, 5.74) is -0.472. The lowest BCUT2D eigenvalue weighted by Crippen LogP contribution is -2.00. The van der Waals surface area contributed by atoms with Gasteiger partial charge in [-0.2, -0.15) is 0 Å². The topological polar surface area (TPSA) is 89.7 Å². The lowest BCUT2D eigenvalue weighted by molar-refractivity contribution is -0.387. The van der Waals surface area contributed by atoms with Crippen LogP contribution in [0.2, 0.25) is 0 Å². The van der Waals surface area contributed by atoms with Gasteiger partial charge in [0.25, 0.3) is 5.69 Å². The van der Waals surface area contributed by atoms with Crippen molar-refractivity contribution in [2.75, 3.05) is 7.11 Å². The lowest BCUT2D eigenvalue weighted by Gasteiger charge is -2.08.